The molecule has 0 saturated heterocycles. The van der Waals surface area contributed by atoms with Crippen LogP contribution < -0.4 is 0 Å². The standard InChI is InChI=1S/C13H15NO2/c1-2-3-12(8-13(15)16)11-6-4-10(9-14)5-7-11/h4-7,12H,2-3,8H2,1H3,(H,15,16). The number of carbonyl (C=O) groups is 1. The van der Waals surface area contributed by atoms with E-state index >= 15 is 0 Å². The molecule has 0 aliphatic heterocycles. The van der Waals surface area contributed by atoms with Crippen LogP contribution in [0.1, 0.15) is 43.2 Å². The second kappa shape index (κ2) is 5.92. The number of nitrogens with zero attached hydrogens (tertiary/aromatic N) is 1. The first-order chi connectivity index (χ1) is 7.67. The van der Waals surface area contributed by atoms with Crippen molar-refractivity contribution in [1.82, 2.24) is 0 Å². The number of benzene rings is 1. The molecule has 0 spiro atoms. The topological polar surface area (TPSA) is 61.1 Å². The molecule has 3 heteroatoms. The fourth-order valence-electron chi connectivity index (χ4n) is 1.78. The number of hydrogen-bond donors (Lipinski definition) is 1. The molecule has 1 aromatic carbocycles. The number of nitriles is 1. The predicted molar refractivity (Wildman–Crippen MR) is 61.1 cm³/mol. The molecule has 3 nitrogen and oxygen atoms in total. The van der Waals surface area contributed by atoms with Crippen LogP contribution in [-0.4, -0.2) is 11.1 Å². The second-order valence-electron chi connectivity index (χ2n) is 3.82. The van der Waals surface area contributed by atoms with E-state index in [4.69, 9.17) is 10.4 Å². The minimum Gasteiger partial charge on any atom is -0.481 e. The molecule has 0 radical (unpaired) electrons. The van der Waals surface area contributed by atoms with Gasteiger partial charge in [0.2, 0.25) is 0 Å². The Bertz CT molecular complexity index is 389. The summed E-state index contributed by atoms with van der Waals surface area (Å²) < 4.78 is 0. The van der Waals surface area contributed by atoms with Gasteiger partial charge in [-0.1, -0.05) is 25.5 Å². The number of aliphatic carboxylic acids is 1. The van der Waals surface area contributed by atoms with Crippen molar-refractivity contribution < 1.29 is 9.90 Å². The minimum atomic E-state index is -0.775. The SMILES string of the molecule is CCCC(CC(=O)O)c1ccc(C#N)cc1. The molecule has 1 N–H and O–H groups in total. The van der Waals surface area contributed by atoms with Crippen molar-refractivity contribution >= 4 is 5.97 Å². The first kappa shape index (κ1) is 12.3. The maximum Gasteiger partial charge on any atom is 0.303 e. The minimum absolute atomic E-state index is 0.0512. The summed E-state index contributed by atoms with van der Waals surface area (Å²) in [6.07, 6.45) is 1.97. The summed E-state index contributed by atoms with van der Waals surface area (Å²) in [5.41, 5.74) is 1.61. The molecule has 1 unspecified atom stereocenters. The highest BCUT2D eigenvalue weighted by molar-refractivity contribution is 5.68. The van der Waals surface area contributed by atoms with Crippen molar-refractivity contribution in [1.29, 1.82) is 5.26 Å². The van der Waals surface area contributed by atoms with Gasteiger partial charge in [0.25, 0.3) is 0 Å². The lowest BCUT2D eigenvalue weighted by molar-refractivity contribution is -0.137. The van der Waals surface area contributed by atoms with E-state index in [0.29, 0.717) is 5.56 Å². The Hall–Kier alpha value is -1.82. The van der Waals surface area contributed by atoms with E-state index in [-0.39, 0.29) is 12.3 Å². The van der Waals surface area contributed by atoms with Crippen molar-refractivity contribution in [2.75, 3.05) is 0 Å². The molecular formula is C13H15NO2. The molecule has 0 saturated carbocycles. The average molecular weight is 217 g/mol. The van der Waals surface area contributed by atoms with Gasteiger partial charge < -0.3 is 5.11 Å². The predicted octanol–water partition coefficient (Wildman–Crippen LogP) is 2.92. The first-order valence-corrected chi connectivity index (χ1v) is 5.39. The van der Waals surface area contributed by atoms with Gasteiger partial charge in [0, 0.05) is 0 Å². The molecule has 0 aromatic heterocycles. The van der Waals surface area contributed by atoms with Crippen LogP contribution in [0.15, 0.2) is 24.3 Å². The zero-order valence-electron chi connectivity index (χ0n) is 9.31. The van der Waals surface area contributed by atoms with Crippen LogP contribution in [0.4, 0.5) is 0 Å². The second-order valence-corrected chi connectivity index (χ2v) is 3.82. The summed E-state index contributed by atoms with van der Waals surface area (Å²) in [4.78, 5) is 10.7. The summed E-state index contributed by atoms with van der Waals surface area (Å²) >= 11 is 0. The molecule has 84 valence electrons. The van der Waals surface area contributed by atoms with Crippen LogP contribution in [0.3, 0.4) is 0 Å². The van der Waals surface area contributed by atoms with Crippen LogP contribution in [-0.2, 0) is 4.79 Å². The molecule has 0 fully saturated rings. The molecule has 1 rings (SSSR count). The van der Waals surface area contributed by atoms with Gasteiger partial charge in [-0.25, -0.2) is 0 Å². The van der Waals surface area contributed by atoms with Gasteiger partial charge in [0.15, 0.2) is 0 Å². The highest BCUT2D eigenvalue weighted by Gasteiger charge is 2.14. The highest BCUT2D eigenvalue weighted by Crippen LogP contribution is 2.25. The van der Waals surface area contributed by atoms with Crippen molar-refractivity contribution in [2.24, 2.45) is 0 Å². The monoisotopic (exact) mass is 217 g/mol. The third kappa shape index (κ3) is 3.39. The van der Waals surface area contributed by atoms with E-state index in [1.54, 1.807) is 12.1 Å². The van der Waals surface area contributed by atoms with Crippen LogP contribution in [0.25, 0.3) is 0 Å². The van der Waals surface area contributed by atoms with Gasteiger partial charge in [-0.05, 0) is 30.0 Å². The Morgan fingerprint density at radius 2 is 2.06 bits per heavy atom. The fraction of sp³-hybridized carbons (Fsp3) is 0.385. The Kier molecular flexibility index (Phi) is 4.53. The van der Waals surface area contributed by atoms with Gasteiger partial charge in [0.05, 0.1) is 18.1 Å². The van der Waals surface area contributed by atoms with Crippen LogP contribution in [0.5, 0.6) is 0 Å². The fourth-order valence-corrected chi connectivity index (χ4v) is 1.78. The van der Waals surface area contributed by atoms with Crippen molar-refractivity contribution in [3.8, 4) is 6.07 Å². The van der Waals surface area contributed by atoms with Gasteiger partial charge in [-0.2, -0.15) is 5.26 Å². The van der Waals surface area contributed by atoms with Gasteiger partial charge >= 0.3 is 5.97 Å². The van der Waals surface area contributed by atoms with Crippen molar-refractivity contribution in [2.45, 2.75) is 32.1 Å². The lowest BCUT2D eigenvalue weighted by Gasteiger charge is -2.14. The summed E-state index contributed by atoms with van der Waals surface area (Å²) in [7, 11) is 0. The molecule has 0 aliphatic rings. The maximum absolute atomic E-state index is 10.7. The average Bonchev–Trinajstić information content (AvgIpc) is 2.28. The third-order valence-electron chi connectivity index (χ3n) is 2.57. The number of hydrogen-bond acceptors (Lipinski definition) is 2. The molecule has 1 atom stereocenters. The Morgan fingerprint density at radius 3 is 2.50 bits per heavy atom. The van der Waals surface area contributed by atoms with Crippen LogP contribution in [0.2, 0.25) is 0 Å². The zero-order chi connectivity index (χ0) is 12.0. The Morgan fingerprint density at radius 1 is 1.44 bits per heavy atom. The van der Waals surface area contributed by atoms with Crippen LogP contribution in [0, 0.1) is 11.3 Å². The van der Waals surface area contributed by atoms with E-state index in [0.717, 1.165) is 18.4 Å². The van der Waals surface area contributed by atoms with E-state index in [1.807, 2.05) is 25.1 Å². The summed E-state index contributed by atoms with van der Waals surface area (Å²) in [6.45, 7) is 2.04. The molecule has 16 heavy (non-hydrogen) atoms. The maximum atomic E-state index is 10.7. The van der Waals surface area contributed by atoms with E-state index in [1.165, 1.54) is 0 Å². The van der Waals surface area contributed by atoms with E-state index in [2.05, 4.69) is 0 Å². The van der Waals surface area contributed by atoms with Gasteiger partial charge in [-0.3, -0.25) is 4.79 Å². The lowest BCUT2D eigenvalue weighted by atomic mass is 9.91. The van der Waals surface area contributed by atoms with E-state index < -0.39 is 5.97 Å². The summed E-state index contributed by atoms with van der Waals surface area (Å²) in [5, 5.41) is 17.5. The number of carboxylic acid groups (broad SMARTS) is 1. The molecular weight excluding hydrogens is 202 g/mol. The van der Waals surface area contributed by atoms with Crippen molar-refractivity contribution in [3.63, 3.8) is 0 Å². The first-order valence-electron chi connectivity index (χ1n) is 5.39. The summed E-state index contributed by atoms with van der Waals surface area (Å²) in [5.74, 6) is -0.724. The highest BCUT2D eigenvalue weighted by atomic mass is 16.4. The Labute approximate surface area is 95.3 Å². The molecule has 0 heterocycles. The number of carboxylic acids is 1. The molecule has 1 aromatic rings. The molecule has 0 amide bonds. The Balaban J connectivity index is 2.84. The summed E-state index contributed by atoms with van der Waals surface area (Å²) in [6, 6.07) is 9.22. The van der Waals surface area contributed by atoms with Crippen molar-refractivity contribution in [3.05, 3.63) is 35.4 Å². The van der Waals surface area contributed by atoms with Gasteiger partial charge in [-0.15, -0.1) is 0 Å². The third-order valence-corrected chi connectivity index (χ3v) is 2.57. The largest absolute Gasteiger partial charge is 0.481 e. The number of rotatable bonds is 5. The molecule has 0 bridgehead atoms. The quantitative estimate of drug-likeness (QED) is 0.824. The molecule has 0 aliphatic carbocycles. The van der Waals surface area contributed by atoms with Crippen LogP contribution >= 0.6 is 0 Å². The lowest BCUT2D eigenvalue weighted by Crippen LogP contribution is -2.06. The zero-order valence-corrected chi connectivity index (χ0v) is 9.31. The van der Waals surface area contributed by atoms with E-state index in [9.17, 15) is 4.79 Å². The van der Waals surface area contributed by atoms with Gasteiger partial charge in [0.1, 0.15) is 0 Å². The normalized spacial score (nSPS) is 11.8. The smallest absolute Gasteiger partial charge is 0.303 e.